The molecule has 3 aliphatic heterocycles. The average molecular weight is 524 g/mol. The monoisotopic (exact) mass is 523 g/mol. The van der Waals surface area contributed by atoms with Gasteiger partial charge in [0.05, 0.1) is 18.6 Å². The molecule has 5 N–H and O–H groups in total. The number of aliphatic hydroxyl groups excluding tert-OH is 4. The maximum atomic E-state index is 12.9. The highest BCUT2D eigenvalue weighted by molar-refractivity contribution is 5.76. The van der Waals surface area contributed by atoms with E-state index in [0.29, 0.717) is 37.9 Å². The summed E-state index contributed by atoms with van der Waals surface area (Å²) in [6.07, 6.45) is -4.87. The summed E-state index contributed by atoms with van der Waals surface area (Å²) in [6.45, 7) is 8.95. The van der Waals surface area contributed by atoms with E-state index in [9.17, 15) is 30.0 Å². The van der Waals surface area contributed by atoms with Crippen LogP contribution in [0.3, 0.4) is 0 Å². The number of nitrogens with one attached hydrogen (secondary N) is 1. The Morgan fingerprint density at radius 3 is 2.49 bits per heavy atom. The largest absolute Gasteiger partial charge is 0.461 e. The third-order valence-corrected chi connectivity index (χ3v) is 8.77. The van der Waals surface area contributed by atoms with Crippen molar-refractivity contribution in [3.05, 3.63) is 24.3 Å². The fraction of sp³-hybridized carbons (Fsp3) is 0.769. The van der Waals surface area contributed by atoms with Gasteiger partial charge in [0, 0.05) is 31.3 Å². The summed E-state index contributed by atoms with van der Waals surface area (Å²) < 4.78 is 22.8. The number of carbonyl (C=O) groups excluding carboxylic acids is 2. The topological polar surface area (TPSA) is 164 Å². The zero-order valence-electron chi connectivity index (χ0n) is 20.7. The van der Waals surface area contributed by atoms with Crippen LogP contribution in [0.4, 0.5) is 0 Å². The molecule has 0 spiro atoms. The predicted molar refractivity (Wildman–Crippen MR) is 127 cm³/mol. The standard InChI is InChI=1S/C26H37NO10/c1-11-3-5-14-16(9-27-8-13-4-6-19(29)34-13)25(33)37-24(14)20-12(2)17(7-15(11)20)35-26-23(32)22(31)21(30)18(10-28)36-26/h13-18,20-24,26-28,30-32H,1-10H2. The van der Waals surface area contributed by atoms with Crippen molar-refractivity contribution < 1.29 is 49.0 Å². The molecule has 0 aromatic carbocycles. The van der Waals surface area contributed by atoms with Crippen LogP contribution in [0.2, 0.25) is 0 Å². The Kier molecular flexibility index (Phi) is 7.75. The Morgan fingerprint density at radius 2 is 1.78 bits per heavy atom. The molecular weight excluding hydrogens is 486 g/mol. The number of carbonyl (C=O) groups is 2. The van der Waals surface area contributed by atoms with Crippen molar-refractivity contribution in [3.8, 4) is 0 Å². The molecule has 12 atom stereocenters. The Hall–Kier alpha value is -1.86. The zero-order valence-corrected chi connectivity index (χ0v) is 20.7. The van der Waals surface area contributed by atoms with Crippen molar-refractivity contribution in [1.29, 1.82) is 0 Å². The minimum Gasteiger partial charge on any atom is -0.461 e. The Balaban J connectivity index is 1.26. The van der Waals surface area contributed by atoms with Crippen LogP contribution < -0.4 is 5.32 Å². The van der Waals surface area contributed by atoms with Gasteiger partial charge in [0.25, 0.3) is 0 Å². The first-order valence-corrected chi connectivity index (χ1v) is 13.1. The van der Waals surface area contributed by atoms with Crippen LogP contribution in [0.25, 0.3) is 0 Å². The fourth-order valence-corrected chi connectivity index (χ4v) is 6.66. The number of cyclic esters (lactones) is 1. The van der Waals surface area contributed by atoms with Gasteiger partial charge < -0.3 is 44.7 Å². The van der Waals surface area contributed by atoms with Crippen molar-refractivity contribution in [2.45, 2.75) is 81.1 Å². The maximum absolute atomic E-state index is 12.9. The van der Waals surface area contributed by atoms with Gasteiger partial charge in [0.2, 0.25) is 0 Å². The third-order valence-electron chi connectivity index (χ3n) is 8.77. The maximum Gasteiger partial charge on any atom is 0.310 e. The van der Waals surface area contributed by atoms with Crippen LogP contribution in [-0.4, -0.2) is 101 Å². The molecule has 37 heavy (non-hydrogen) atoms. The van der Waals surface area contributed by atoms with Crippen LogP contribution in [0.1, 0.15) is 32.1 Å². The Bertz CT molecular complexity index is 923. The first-order valence-electron chi connectivity index (χ1n) is 13.1. The summed E-state index contributed by atoms with van der Waals surface area (Å²) >= 11 is 0. The molecule has 2 saturated carbocycles. The van der Waals surface area contributed by atoms with Crippen LogP contribution in [-0.2, 0) is 28.5 Å². The van der Waals surface area contributed by atoms with E-state index in [1.54, 1.807) is 0 Å². The summed E-state index contributed by atoms with van der Waals surface area (Å²) in [7, 11) is 0. The number of allylic oxidation sites excluding steroid dienone is 1. The quantitative estimate of drug-likeness (QED) is 0.209. The van der Waals surface area contributed by atoms with Crippen LogP contribution in [0.15, 0.2) is 24.3 Å². The lowest BCUT2D eigenvalue weighted by atomic mass is 9.79. The Morgan fingerprint density at radius 1 is 1.00 bits per heavy atom. The van der Waals surface area contributed by atoms with Crippen molar-refractivity contribution >= 4 is 11.9 Å². The van der Waals surface area contributed by atoms with Gasteiger partial charge in [-0.2, -0.15) is 0 Å². The number of rotatable bonds is 7. The minimum atomic E-state index is -1.54. The van der Waals surface area contributed by atoms with Crippen LogP contribution >= 0.6 is 0 Å². The van der Waals surface area contributed by atoms with Crippen molar-refractivity contribution in [2.24, 2.45) is 23.7 Å². The molecule has 3 heterocycles. The lowest BCUT2D eigenvalue weighted by molar-refractivity contribution is -0.308. The molecule has 3 saturated heterocycles. The van der Waals surface area contributed by atoms with Gasteiger partial charge in [-0.1, -0.05) is 18.7 Å². The van der Waals surface area contributed by atoms with Gasteiger partial charge in [0.1, 0.15) is 36.6 Å². The van der Waals surface area contributed by atoms with E-state index < -0.39 is 43.4 Å². The summed E-state index contributed by atoms with van der Waals surface area (Å²) in [5.74, 6) is -1.08. The molecule has 2 aliphatic carbocycles. The fourth-order valence-electron chi connectivity index (χ4n) is 6.66. The zero-order chi connectivity index (χ0) is 26.4. The van der Waals surface area contributed by atoms with Gasteiger partial charge in [0.15, 0.2) is 6.29 Å². The second-order valence-corrected chi connectivity index (χ2v) is 10.9. The van der Waals surface area contributed by atoms with Gasteiger partial charge in [-0.05, 0) is 37.2 Å². The molecule has 12 unspecified atom stereocenters. The van der Waals surface area contributed by atoms with E-state index >= 15 is 0 Å². The second kappa shape index (κ2) is 10.7. The molecule has 0 amide bonds. The number of esters is 2. The number of hydrogen-bond acceptors (Lipinski definition) is 11. The van der Waals surface area contributed by atoms with E-state index in [4.69, 9.17) is 18.9 Å². The van der Waals surface area contributed by atoms with Crippen LogP contribution in [0, 0.1) is 23.7 Å². The molecule has 5 rings (SSSR count). The lowest BCUT2D eigenvalue weighted by Crippen LogP contribution is -2.59. The number of ether oxygens (including phenoxy) is 4. The molecule has 5 aliphatic rings. The highest BCUT2D eigenvalue weighted by Gasteiger charge is 2.56. The smallest absolute Gasteiger partial charge is 0.310 e. The average Bonchev–Trinajstić information content (AvgIpc) is 3.50. The van der Waals surface area contributed by atoms with Crippen molar-refractivity contribution in [3.63, 3.8) is 0 Å². The van der Waals surface area contributed by atoms with E-state index in [2.05, 4.69) is 18.5 Å². The first-order chi connectivity index (χ1) is 17.7. The van der Waals surface area contributed by atoms with Gasteiger partial charge in [-0.25, -0.2) is 0 Å². The summed E-state index contributed by atoms with van der Waals surface area (Å²) in [6, 6.07) is 0. The molecule has 5 fully saturated rings. The molecule has 11 heteroatoms. The van der Waals surface area contributed by atoms with Crippen molar-refractivity contribution in [1.82, 2.24) is 5.32 Å². The van der Waals surface area contributed by atoms with E-state index in [0.717, 1.165) is 18.4 Å². The molecule has 0 aromatic heterocycles. The molecular formula is C26H37NO10. The van der Waals surface area contributed by atoms with Crippen LogP contribution in [0.5, 0.6) is 0 Å². The molecule has 0 aromatic rings. The summed E-state index contributed by atoms with van der Waals surface area (Å²) in [4.78, 5) is 24.3. The second-order valence-electron chi connectivity index (χ2n) is 10.9. The van der Waals surface area contributed by atoms with Gasteiger partial charge in [-0.3, -0.25) is 9.59 Å². The SMILES string of the molecule is C=C1CCC2C(CNCC3CCC(=O)O3)C(=O)OC2C2C(=C)C(OC3OC(CO)C(O)C(O)C3O)CC12. The number of hydrogen-bond donors (Lipinski definition) is 5. The highest BCUT2D eigenvalue weighted by atomic mass is 16.7. The van der Waals surface area contributed by atoms with Gasteiger partial charge in [-0.15, -0.1) is 0 Å². The predicted octanol–water partition coefficient (Wildman–Crippen LogP) is -0.833. The molecule has 0 bridgehead atoms. The number of aliphatic hydroxyl groups is 4. The lowest BCUT2D eigenvalue weighted by Gasteiger charge is -2.40. The van der Waals surface area contributed by atoms with E-state index in [-0.39, 0.29) is 47.8 Å². The molecule has 11 nitrogen and oxygen atoms in total. The molecule has 0 radical (unpaired) electrons. The number of fused-ring (bicyclic) bond motifs is 3. The summed E-state index contributed by atoms with van der Waals surface area (Å²) in [5, 5.41) is 43.4. The first kappa shape index (κ1) is 26.7. The normalized spacial score (nSPS) is 45.8. The highest BCUT2D eigenvalue weighted by Crippen LogP contribution is 2.53. The Labute approximate surface area is 215 Å². The van der Waals surface area contributed by atoms with E-state index in [1.165, 1.54) is 0 Å². The summed E-state index contributed by atoms with van der Waals surface area (Å²) in [5.41, 5.74) is 1.74. The van der Waals surface area contributed by atoms with Gasteiger partial charge >= 0.3 is 11.9 Å². The minimum absolute atomic E-state index is 0.0326. The van der Waals surface area contributed by atoms with E-state index in [1.807, 2.05) is 0 Å². The van der Waals surface area contributed by atoms with Crippen molar-refractivity contribution in [2.75, 3.05) is 19.7 Å². The third kappa shape index (κ3) is 4.98. The molecule has 206 valence electrons.